The Morgan fingerprint density at radius 3 is 2.41 bits per heavy atom. The molecule has 10 heteroatoms. The van der Waals surface area contributed by atoms with Crippen molar-refractivity contribution in [1.29, 1.82) is 0 Å². The Morgan fingerprint density at radius 1 is 1.14 bits per heavy atom. The largest absolute Gasteiger partial charge is 0.379 e. The molecular weight excluding hydrogens is 396 g/mol. The van der Waals surface area contributed by atoms with Crippen LogP contribution in [0.3, 0.4) is 0 Å². The first-order valence-corrected chi connectivity index (χ1v) is 10.3. The highest BCUT2D eigenvalue weighted by Crippen LogP contribution is 2.26. The van der Waals surface area contributed by atoms with Gasteiger partial charge in [-0.25, -0.2) is 12.7 Å². The lowest BCUT2D eigenvalue weighted by atomic mass is 10.1. The molecule has 29 heavy (non-hydrogen) atoms. The zero-order chi connectivity index (χ0) is 21.8. The van der Waals surface area contributed by atoms with E-state index in [2.05, 4.69) is 10.6 Å². The first-order chi connectivity index (χ1) is 13.5. The zero-order valence-electron chi connectivity index (χ0n) is 16.7. The number of benzene rings is 2. The van der Waals surface area contributed by atoms with Gasteiger partial charge in [0.1, 0.15) is 5.69 Å². The molecule has 9 nitrogen and oxygen atoms in total. The van der Waals surface area contributed by atoms with Crippen LogP contribution < -0.4 is 10.6 Å². The van der Waals surface area contributed by atoms with Crippen molar-refractivity contribution in [3.63, 3.8) is 0 Å². The summed E-state index contributed by atoms with van der Waals surface area (Å²) in [5.41, 5.74) is 2.18. The minimum Gasteiger partial charge on any atom is -0.379 e. The summed E-state index contributed by atoms with van der Waals surface area (Å²) in [6, 6.07) is 9.18. The second-order valence-corrected chi connectivity index (χ2v) is 8.85. The molecule has 0 saturated heterocycles. The summed E-state index contributed by atoms with van der Waals surface area (Å²) in [7, 11) is -0.751. The highest BCUT2D eigenvalue weighted by atomic mass is 32.2. The van der Waals surface area contributed by atoms with E-state index < -0.39 is 14.9 Å². The van der Waals surface area contributed by atoms with Gasteiger partial charge < -0.3 is 10.6 Å². The topological polar surface area (TPSA) is 122 Å². The Bertz CT molecular complexity index is 1030. The second-order valence-electron chi connectivity index (χ2n) is 6.70. The number of nitro benzene ring substituents is 1. The molecule has 0 aliphatic rings. The van der Waals surface area contributed by atoms with Crippen LogP contribution in [0.5, 0.6) is 0 Å². The first kappa shape index (κ1) is 22.3. The maximum atomic E-state index is 12.4. The van der Waals surface area contributed by atoms with Crippen LogP contribution in [-0.4, -0.2) is 44.2 Å². The van der Waals surface area contributed by atoms with Crippen molar-refractivity contribution < 1.29 is 18.1 Å². The van der Waals surface area contributed by atoms with Gasteiger partial charge in [0, 0.05) is 38.8 Å². The number of rotatable bonds is 8. The molecule has 0 aromatic heterocycles. The number of hydrogen-bond acceptors (Lipinski definition) is 6. The third kappa shape index (κ3) is 5.30. The number of carbonyl (C=O) groups is 1. The Labute approximate surface area is 169 Å². The highest BCUT2D eigenvalue weighted by Gasteiger charge is 2.20. The molecular formula is C19H24N4O5S. The van der Waals surface area contributed by atoms with E-state index in [0.29, 0.717) is 11.4 Å². The number of carbonyl (C=O) groups excluding carboxylic acids is 1. The predicted octanol–water partition coefficient (Wildman–Crippen LogP) is 2.90. The van der Waals surface area contributed by atoms with Crippen molar-refractivity contribution in [2.24, 2.45) is 0 Å². The Morgan fingerprint density at radius 2 is 1.79 bits per heavy atom. The van der Waals surface area contributed by atoms with Crippen molar-refractivity contribution in [3.05, 3.63) is 57.6 Å². The van der Waals surface area contributed by atoms with Gasteiger partial charge in [-0.15, -0.1) is 0 Å². The molecule has 1 amide bonds. The lowest BCUT2D eigenvalue weighted by Crippen LogP contribution is -2.23. The molecule has 0 aliphatic carbocycles. The summed E-state index contributed by atoms with van der Waals surface area (Å²) in [6.07, 6.45) is 0.0508. The molecule has 2 aromatic rings. The van der Waals surface area contributed by atoms with Gasteiger partial charge in [0.15, 0.2) is 0 Å². The molecule has 0 aliphatic heterocycles. The summed E-state index contributed by atoms with van der Waals surface area (Å²) in [5.74, 6) is -0.335. The number of hydrogen-bond donors (Lipinski definition) is 2. The van der Waals surface area contributed by atoms with Gasteiger partial charge in [0.25, 0.3) is 5.69 Å². The van der Waals surface area contributed by atoms with E-state index in [1.807, 2.05) is 0 Å². The number of nitrogens with one attached hydrogen (secondary N) is 2. The standard InChI is InChI=1S/C19H24N4O5S/c1-13-11-15(29(27,28)22(3)4)12-17(14(13)2)21-19(24)9-10-20-16-7-5-6-8-18(16)23(25)26/h5-8,11-12,20H,9-10H2,1-4H3,(H,21,24). The van der Waals surface area contributed by atoms with E-state index in [-0.39, 0.29) is 29.5 Å². The summed E-state index contributed by atoms with van der Waals surface area (Å²) in [6.45, 7) is 3.75. The van der Waals surface area contributed by atoms with Crippen molar-refractivity contribution in [1.82, 2.24) is 4.31 Å². The molecule has 0 heterocycles. The summed E-state index contributed by atoms with van der Waals surface area (Å²) >= 11 is 0. The summed E-state index contributed by atoms with van der Waals surface area (Å²) < 4.78 is 25.9. The number of anilines is 2. The van der Waals surface area contributed by atoms with Gasteiger partial charge in [-0.1, -0.05) is 12.1 Å². The molecule has 2 rings (SSSR count). The van der Waals surface area contributed by atoms with E-state index >= 15 is 0 Å². The molecule has 2 N–H and O–H groups in total. The minimum absolute atomic E-state index is 0.0508. The molecule has 0 spiro atoms. The van der Waals surface area contributed by atoms with Crippen molar-refractivity contribution in [2.75, 3.05) is 31.3 Å². The number of sulfonamides is 1. The summed E-state index contributed by atoms with van der Waals surface area (Å²) in [5, 5.41) is 16.6. The molecule has 0 fully saturated rings. The van der Waals surface area contributed by atoms with Gasteiger partial charge >= 0.3 is 0 Å². The first-order valence-electron chi connectivity index (χ1n) is 8.85. The number of amides is 1. The van der Waals surface area contributed by atoms with Gasteiger partial charge in [0.2, 0.25) is 15.9 Å². The lowest BCUT2D eigenvalue weighted by Gasteiger charge is -2.16. The van der Waals surface area contributed by atoms with E-state index in [4.69, 9.17) is 0 Å². The van der Waals surface area contributed by atoms with Gasteiger partial charge in [-0.3, -0.25) is 14.9 Å². The number of aryl methyl sites for hydroxylation is 1. The fourth-order valence-electron chi connectivity index (χ4n) is 2.62. The molecule has 0 atom stereocenters. The van der Waals surface area contributed by atoms with Crippen LogP contribution in [0, 0.1) is 24.0 Å². The molecule has 0 bridgehead atoms. The van der Waals surface area contributed by atoms with Gasteiger partial charge in [-0.05, 0) is 43.2 Å². The van der Waals surface area contributed by atoms with Gasteiger partial charge in [-0.2, -0.15) is 0 Å². The SMILES string of the molecule is Cc1cc(S(=O)(=O)N(C)C)cc(NC(=O)CCNc2ccccc2[N+](=O)[O-])c1C. The molecule has 0 saturated carbocycles. The van der Waals surface area contributed by atoms with E-state index in [0.717, 1.165) is 15.4 Å². The number of nitro groups is 1. The normalized spacial score (nSPS) is 11.3. The van der Waals surface area contributed by atoms with Crippen LogP contribution in [0.2, 0.25) is 0 Å². The third-order valence-electron chi connectivity index (χ3n) is 4.46. The van der Waals surface area contributed by atoms with Crippen LogP contribution in [0.1, 0.15) is 17.5 Å². The highest BCUT2D eigenvalue weighted by molar-refractivity contribution is 7.89. The maximum Gasteiger partial charge on any atom is 0.292 e. The Hall–Kier alpha value is -2.98. The lowest BCUT2D eigenvalue weighted by molar-refractivity contribution is -0.384. The molecule has 0 radical (unpaired) electrons. The fraction of sp³-hybridized carbons (Fsp3) is 0.316. The monoisotopic (exact) mass is 420 g/mol. The van der Waals surface area contributed by atoms with Crippen LogP contribution >= 0.6 is 0 Å². The zero-order valence-corrected chi connectivity index (χ0v) is 17.5. The van der Waals surface area contributed by atoms with Crippen LogP contribution in [-0.2, 0) is 14.8 Å². The van der Waals surface area contributed by atoms with Crippen LogP contribution in [0.15, 0.2) is 41.3 Å². The molecule has 156 valence electrons. The second kappa shape index (κ2) is 9.01. The smallest absolute Gasteiger partial charge is 0.292 e. The minimum atomic E-state index is -3.63. The number of para-hydroxylation sites is 2. The average Bonchev–Trinajstić information content (AvgIpc) is 2.65. The fourth-order valence-corrected chi connectivity index (χ4v) is 3.64. The van der Waals surface area contributed by atoms with Crippen molar-refractivity contribution in [3.8, 4) is 0 Å². The van der Waals surface area contributed by atoms with Gasteiger partial charge in [0.05, 0.1) is 9.82 Å². The van der Waals surface area contributed by atoms with E-state index in [9.17, 15) is 23.3 Å². The third-order valence-corrected chi connectivity index (χ3v) is 6.25. The van der Waals surface area contributed by atoms with Crippen molar-refractivity contribution in [2.45, 2.75) is 25.2 Å². The molecule has 0 unspecified atom stereocenters. The van der Waals surface area contributed by atoms with E-state index in [1.165, 1.54) is 26.2 Å². The quantitative estimate of drug-likeness (QED) is 0.500. The Balaban J connectivity index is 2.10. The van der Waals surface area contributed by atoms with Crippen LogP contribution in [0.25, 0.3) is 0 Å². The van der Waals surface area contributed by atoms with Crippen molar-refractivity contribution >= 4 is 33.0 Å². The van der Waals surface area contributed by atoms with Crippen LogP contribution in [0.4, 0.5) is 17.1 Å². The average molecular weight is 420 g/mol. The number of nitrogens with zero attached hydrogens (tertiary/aromatic N) is 2. The Kier molecular flexibility index (Phi) is 6.93. The summed E-state index contributed by atoms with van der Waals surface area (Å²) in [4.78, 5) is 23.0. The van der Waals surface area contributed by atoms with E-state index in [1.54, 1.807) is 38.1 Å². The molecule has 2 aromatic carbocycles. The predicted molar refractivity (Wildman–Crippen MR) is 112 cm³/mol. The maximum absolute atomic E-state index is 12.4.